The lowest BCUT2D eigenvalue weighted by Gasteiger charge is -2.30. The van der Waals surface area contributed by atoms with Crippen molar-refractivity contribution in [2.24, 2.45) is 0 Å². The van der Waals surface area contributed by atoms with Crippen LogP contribution in [0.25, 0.3) is 5.76 Å². The van der Waals surface area contributed by atoms with Gasteiger partial charge in [-0.05, 0) is 48.2 Å². The Morgan fingerprint density at radius 3 is 2.46 bits per heavy atom. The quantitative estimate of drug-likeness (QED) is 0.352. The molecule has 1 atom stereocenters. The smallest absolute Gasteiger partial charge is 0.255 e. The Hall–Kier alpha value is -4.30. The Bertz CT molecular complexity index is 1290. The van der Waals surface area contributed by atoms with Crippen molar-refractivity contribution in [3.63, 3.8) is 0 Å². The number of amides is 1. The average molecular weight is 468 g/mol. The zero-order valence-electron chi connectivity index (χ0n) is 19.1. The van der Waals surface area contributed by atoms with E-state index in [-0.39, 0.29) is 11.7 Å². The van der Waals surface area contributed by atoms with E-state index in [1.54, 1.807) is 12.1 Å². The van der Waals surface area contributed by atoms with Crippen LogP contribution in [0.2, 0.25) is 0 Å². The van der Waals surface area contributed by atoms with E-state index in [4.69, 9.17) is 9.47 Å². The van der Waals surface area contributed by atoms with E-state index in [1.807, 2.05) is 48.5 Å². The molecule has 0 aliphatic carbocycles. The van der Waals surface area contributed by atoms with Crippen molar-refractivity contribution in [2.75, 3.05) is 6.61 Å². The van der Waals surface area contributed by atoms with Gasteiger partial charge in [-0.25, -0.2) is 0 Å². The molecule has 1 amide bonds. The van der Waals surface area contributed by atoms with Crippen molar-refractivity contribution < 1.29 is 14.3 Å². The maximum absolute atomic E-state index is 13.1. The molecule has 35 heavy (non-hydrogen) atoms. The summed E-state index contributed by atoms with van der Waals surface area (Å²) in [6.07, 6.45) is 2.28. The van der Waals surface area contributed by atoms with Crippen LogP contribution in [0.1, 0.15) is 46.3 Å². The predicted octanol–water partition coefficient (Wildman–Crippen LogP) is 4.47. The monoisotopic (exact) mass is 467 g/mol. The summed E-state index contributed by atoms with van der Waals surface area (Å²) in [5, 5.41) is 17.3. The number of carbonyl (C=O) groups is 1. The van der Waals surface area contributed by atoms with Crippen molar-refractivity contribution in [1.82, 2.24) is 25.9 Å². The molecule has 1 unspecified atom stereocenters. The first-order valence-corrected chi connectivity index (χ1v) is 11.6. The van der Waals surface area contributed by atoms with Gasteiger partial charge in [0.25, 0.3) is 5.91 Å². The summed E-state index contributed by atoms with van der Waals surface area (Å²) in [5.74, 6) is 0.887. The van der Waals surface area contributed by atoms with Crippen LogP contribution in [0, 0.1) is 0 Å². The van der Waals surface area contributed by atoms with E-state index in [9.17, 15) is 4.79 Å². The molecule has 3 aromatic carbocycles. The zero-order chi connectivity index (χ0) is 23.9. The number of tetrazole rings is 1. The van der Waals surface area contributed by atoms with Gasteiger partial charge in [0.15, 0.2) is 5.76 Å². The largest absolute Gasteiger partial charge is 0.451 e. The van der Waals surface area contributed by atoms with Gasteiger partial charge in [0.05, 0.1) is 5.70 Å². The SMILES string of the molecule is O=C(NC1=C(c2nn[nH]n2)Oc2ccccc2C1OCCCCc1ccccc1)c1ccccc1. The van der Waals surface area contributed by atoms with Crippen molar-refractivity contribution in [3.05, 3.63) is 113 Å². The highest BCUT2D eigenvalue weighted by molar-refractivity contribution is 5.96. The summed E-state index contributed by atoms with van der Waals surface area (Å²) < 4.78 is 12.5. The molecule has 1 aliphatic rings. The molecule has 5 rings (SSSR count). The second-order valence-corrected chi connectivity index (χ2v) is 8.13. The first kappa shape index (κ1) is 22.5. The minimum absolute atomic E-state index is 0.237. The summed E-state index contributed by atoms with van der Waals surface area (Å²) in [5.41, 5.74) is 3.10. The predicted molar refractivity (Wildman–Crippen MR) is 130 cm³/mol. The number of benzene rings is 3. The molecule has 0 saturated carbocycles. The third kappa shape index (κ3) is 5.28. The molecular formula is C27H25N5O3. The van der Waals surface area contributed by atoms with Crippen LogP contribution in [0.3, 0.4) is 0 Å². The molecule has 2 heterocycles. The second kappa shape index (κ2) is 10.8. The summed E-state index contributed by atoms with van der Waals surface area (Å²) in [6, 6.07) is 27.0. The third-order valence-corrected chi connectivity index (χ3v) is 5.74. The highest BCUT2D eigenvalue weighted by atomic mass is 16.5. The standard InChI is InChI=1S/C27H25N5O3/c33-27(20-14-5-2-6-15-20)28-23-24(34-18-10-9-13-19-11-3-1-4-12-19)21-16-7-8-17-22(21)35-25(23)26-29-31-32-30-26/h1-8,11-12,14-17,24H,9-10,13,18H2,(H,28,33)(H,29,30,31,32). The molecule has 0 radical (unpaired) electrons. The molecule has 0 saturated heterocycles. The lowest BCUT2D eigenvalue weighted by atomic mass is 10.0. The van der Waals surface area contributed by atoms with Gasteiger partial charge in [-0.1, -0.05) is 66.7 Å². The maximum atomic E-state index is 13.1. The Morgan fingerprint density at radius 2 is 1.69 bits per heavy atom. The highest BCUT2D eigenvalue weighted by Crippen LogP contribution is 2.41. The van der Waals surface area contributed by atoms with Crippen LogP contribution in [0.4, 0.5) is 0 Å². The van der Waals surface area contributed by atoms with Crippen LogP contribution in [-0.2, 0) is 11.2 Å². The van der Waals surface area contributed by atoms with E-state index in [0.29, 0.717) is 29.4 Å². The minimum Gasteiger partial charge on any atom is -0.451 e. The number of hydrogen-bond donors (Lipinski definition) is 2. The Morgan fingerprint density at radius 1 is 0.943 bits per heavy atom. The van der Waals surface area contributed by atoms with Gasteiger partial charge in [0.2, 0.25) is 5.82 Å². The molecule has 8 nitrogen and oxygen atoms in total. The third-order valence-electron chi connectivity index (χ3n) is 5.74. The number of nitrogens with zero attached hydrogens (tertiary/aromatic N) is 3. The molecular weight excluding hydrogens is 442 g/mol. The topological polar surface area (TPSA) is 102 Å². The fourth-order valence-electron chi connectivity index (χ4n) is 4.01. The molecule has 4 aromatic rings. The van der Waals surface area contributed by atoms with E-state index in [2.05, 4.69) is 50.2 Å². The number of aromatic nitrogens is 4. The van der Waals surface area contributed by atoms with Crippen LogP contribution in [-0.4, -0.2) is 33.1 Å². The Labute approximate surface area is 203 Å². The summed E-state index contributed by atoms with van der Waals surface area (Å²) in [4.78, 5) is 13.1. The number of fused-ring (bicyclic) bond motifs is 1. The Kier molecular flexibility index (Phi) is 6.91. The number of H-pyrrole nitrogens is 1. The van der Waals surface area contributed by atoms with Gasteiger partial charge in [0, 0.05) is 17.7 Å². The number of unbranched alkanes of at least 4 members (excludes halogenated alkanes) is 1. The number of ether oxygens (including phenoxy) is 2. The summed E-state index contributed by atoms with van der Waals surface area (Å²) in [6.45, 7) is 0.510. The molecule has 0 bridgehead atoms. The minimum atomic E-state index is -0.558. The van der Waals surface area contributed by atoms with Crippen molar-refractivity contribution >= 4 is 11.7 Å². The fourth-order valence-corrected chi connectivity index (χ4v) is 4.01. The van der Waals surface area contributed by atoms with Crippen LogP contribution < -0.4 is 10.1 Å². The van der Waals surface area contributed by atoms with E-state index in [1.165, 1.54) is 5.56 Å². The first-order chi connectivity index (χ1) is 17.3. The molecule has 2 N–H and O–H groups in total. The van der Waals surface area contributed by atoms with Crippen molar-refractivity contribution in [2.45, 2.75) is 25.4 Å². The Balaban J connectivity index is 1.39. The average Bonchev–Trinajstić information content (AvgIpc) is 3.45. The van der Waals surface area contributed by atoms with Gasteiger partial charge in [-0.3, -0.25) is 4.79 Å². The molecule has 1 aromatic heterocycles. The number of aryl methyl sites for hydroxylation is 1. The molecule has 176 valence electrons. The van der Waals surface area contributed by atoms with Gasteiger partial charge in [0.1, 0.15) is 11.9 Å². The van der Waals surface area contributed by atoms with Gasteiger partial charge in [-0.15, -0.1) is 10.2 Å². The number of aromatic amines is 1. The van der Waals surface area contributed by atoms with Gasteiger partial charge in [-0.2, -0.15) is 5.21 Å². The number of nitrogens with one attached hydrogen (secondary N) is 2. The van der Waals surface area contributed by atoms with Crippen LogP contribution in [0.5, 0.6) is 5.75 Å². The highest BCUT2D eigenvalue weighted by Gasteiger charge is 2.34. The first-order valence-electron chi connectivity index (χ1n) is 11.6. The van der Waals surface area contributed by atoms with Crippen molar-refractivity contribution in [1.29, 1.82) is 0 Å². The molecule has 1 aliphatic heterocycles. The molecule has 0 fully saturated rings. The maximum Gasteiger partial charge on any atom is 0.255 e. The second-order valence-electron chi connectivity index (χ2n) is 8.13. The normalized spacial score (nSPS) is 14.8. The number of hydrogen-bond acceptors (Lipinski definition) is 6. The molecule has 0 spiro atoms. The fraction of sp³-hybridized carbons (Fsp3) is 0.185. The molecule has 8 heteroatoms. The van der Waals surface area contributed by atoms with E-state index < -0.39 is 6.10 Å². The lowest BCUT2D eigenvalue weighted by Crippen LogP contribution is -2.32. The van der Waals surface area contributed by atoms with Crippen LogP contribution in [0.15, 0.2) is 90.6 Å². The van der Waals surface area contributed by atoms with E-state index in [0.717, 1.165) is 24.8 Å². The number of rotatable bonds is 9. The van der Waals surface area contributed by atoms with E-state index >= 15 is 0 Å². The summed E-state index contributed by atoms with van der Waals surface area (Å²) in [7, 11) is 0. The zero-order valence-corrected chi connectivity index (χ0v) is 19.1. The van der Waals surface area contributed by atoms with Gasteiger partial charge >= 0.3 is 0 Å². The van der Waals surface area contributed by atoms with Crippen molar-refractivity contribution in [3.8, 4) is 5.75 Å². The van der Waals surface area contributed by atoms with Crippen LogP contribution >= 0.6 is 0 Å². The summed E-state index contributed by atoms with van der Waals surface area (Å²) >= 11 is 0. The number of carbonyl (C=O) groups excluding carboxylic acids is 1. The lowest BCUT2D eigenvalue weighted by molar-refractivity contribution is 0.0619. The number of para-hydroxylation sites is 1. The van der Waals surface area contributed by atoms with Gasteiger partial charge < -0.3 is 14.8 Å².